The maximum atomic E-state index is 12.9. The van der Waals surface area contributed by atoms with Gasteiger partial charge in [-0.3, -0.25) is 4.79 Å². The van der Waals surface area contributed by atoms with Gasteiger partial charge >= 0.3 is 0 Å². The van der Waals surface area contributed by atoms with Gasteiger partial charge in [-0.05, 0) is 36.4 Å². The number of hydrogen-bond donors (Lipinski definition) is 1. The number of fused-ring (bicyclic) bond motifs is 1. The zero-order chi connectivity index (χ0) is 20.1. The van der Waals surface area contributed by atoms with E-state index in [-0.39, 0.29) is 5.91 Å². The predicted molar refractivity (Wildman–Crippen MR) is 118 cm³/mol. The number of pyridine rings is 1. The third kappa shape index (κ3) is 4.81. The number of benzene rings is 2. The molecule has 0 spiro atoms. The van der Waals surface area contributed by atoms with Gasteiger partial charge < -0.3 is 10.1 Å². The van der Waals surface area contributed by atoms with Gasteiger partial charge in [-0.1, -0.05) is 54.1 Å². The van der Waals surface area contributed by atoms with Crippen LogP contribution in [0, 0.1) is 6.92 Å². The number of para-hydroxylation sites is 1. The third-order valence-corrected chi connectivity index (χ3v) is 5.62. The van der Waals surface area contributed by atoms with Crippen LogP contribution in [0.15, 0.2) is 72.1 Å². The Hall–Kier alpha value is -3.18. The van der Waals surface area contributed by atoms with E-state index in [1.807, 2.05) is 47.8 Å². The van der Waals surface area contributed by atoms with E-state index in [9.17, 15) is 4.79 Å². The number of thiophene rings is 1. The van der Waals surface area contributed by atoms with Crippen molar-refractivity contribution < 1.29 is 9.53 Å². The van der Waals surface area contributed by atoms with Crippen LogP contribution in [-0.4, -0.2) is 17.4 Å². The van der Waals surface area contributed by atoms with Gasteiger partial charge in [0.05, 0.1) is 11.1 Å². The number of carbonyl (C=O) groups is 1. The minimum atomic E-state index is -0.111. The summed E-state index contributed by atoms with van der Waals surface area (Å²) >= 11 is 1.70. The molecule has 0 unspecified atom stereocenters. The van der Waals surface area contributed by atoms with Crippen LogP contribution in [0.4, 0.5) is 0 Å². The molecule has 1 amide bonds. The average Bonchev–Trinajstić information content (AvgIpc) is 3.26. The Morgan fingerprint density at radius 3 is 2.69 bits per heavy atom. The Labute approximate surface area is 174 Å². The van der Waals surface area contributed by atoms with Gasteiger partial charge in [0.2, 0.25) is 5.88 Å². The van der Waals surface area contributed by atoms with Crippen LogP contribution in [0.25, 0.3) is 10.9 Å². The number of hydrogen-bond acceptors (Lipinski definition) is 4. The lowest BCUT2D eigenvalue weighted by Gasteiger charge is -2.11. The maximum Gasteiger partial charge on any atom is 0.252 e. The van der Waals surface area contributed by atoms with E-state index in [1.54, 1.807) is 17.4 Å². The molecule has 0 saturated heterocycles. The maximum absolute atomic E-state index is 12.9. The molecule has 0 aliphatic rings. The molecule has 0 fully saturated rings. The number of carbonyl (C=O) groups excluding carboxylic acids is 1. The quantitative estimate of drug-likeness (QED) is 0.465. The highest BCUT2D eigenvalue weighted by Crippen LogP contribution is 2.23. The molecule has 29 heavy (non-hydrogen) atoms. The number of nitrogens with zero attached hydrogens (tertiary/aromatic N) is 1. The molecule has 0 aliphatic carbocycles. The zero-order valence-corrected chi connectivity index (χ0v) is 17.0. The number of rotatable bonds is 7. The molecule has 0 bridgehead atoms. The van der Waals surface area contributed by atoms with Crippen molar-refractivity contribution in [2.24, 2.45) is 0 Å². The molecular weight excluding hydrogens is 380 g/mol. The number of aryl methyl sites for hydroxylation is 1. The Balaban J connectivity index is 1.51. The van der Waals surface area contributed by atoms with Gasteiger partial charge in [0.1, 0.15) is 6.61 Å². The normalized spacial score (nSPS) is 10.8. The lowest BCUT2D eigenvalue weighted by molar-refractivity contribution is 0.0955. The molecule has 1 N–H and O–H groups in total. The minimum absolute atomic E-state index is 0.111. The van der Waals surface area contributed by atoms with E-state index in [0.717, 1.165) is 22.9 Å². The van der Waals surface area contributed by atoms with E-state index >= 15 is 0 Å². The van der Waals surface area contributed by atoms with Gasteiger partial charge in [0.15, 0.2) is 0 Å². The topological polar surface area (TPSA) is 51.2 Å². The molecule has 2 aromatic carbocycles. The van der Waals surface area contributed by atoms with Crippen LogP contribution in [0.1, 0.15) is 26.4 Å². The van der Waals surface area contributed by atoms with Crippen molar-refractivity contribution in [1.82, 2.24) is 10.3 Å². The molecule has 146 valence electrons. The Morgan fingerprint density at radius 2 is 1.90 bits per heavy atom. The van der Waals surface area contributed by atoms with Crippen LogP contribution in [-0.2, 0) is 13.0 Å². The molecule has 2 heterocycles. The Kier molecular flexibility index (Phi) is 5.86. The van der Waals surface area contributed by atoms with Crippen LogP contribution in [0.2, 0.25) is 0 Å². The van der Waals surface area contributed by atoms with E-state index in [2.05, 4.69) is 35.4 Å². The van der Waals surface area contributed by atoms with E-state index in [1.165, 1.54) is 10.4 Å². The summed E-state index contributed by atoms with van der Waals surface area (Å²) in [6.45, 7) is 3.06. The van der Waals surface area contributed by atoms with Gasteiger partial charge in [0.25, 0.3) is 5.91 Å². The molecule has 2 aromatic heterocycles. The molecule has 5 heteroatoms. The van der Waals surface area contributed by atoms with Gasteiger partial charge in [-0.15, -0.1) is 11.3 Å². The Morgan fingerprint density at radius 1 is 1.07 bits per heavy atom. The van der Waals surface area contributed by atoms with E-state index in [4.69, 9.17) is 4.74 Å². The van der Waals surface area contributed by atoms with E-state index in [0.29, 0.717) is 24.6 Å². The van der Waals surface area contributed by atoms with Crippen molar-refractivity contribution >= 4 is 28.1 Å². The molecule has 0 radical (unpaired) electrons. The van der Waals surface area contributed by atoms with Crippen molar-refractivity contribution in [2.75, 3.05) is 6.54 Å². The van der Waals surface area contributed by atoms with Gasteiger partial charge in [-0.25, -0.2) is 4.98 Å². The fourth-order valence-electron chi connectivity index (χ4n) is 3.10. The summed E-state index contributed by atoms with van der Waals surface area (Å²) in [5.41, 5.74) is 3.60. The molecule has 4 rings (SSSR count). The van der Waals surface area contributed by atoms with Crippen molar-refractivity contribution in [3.05, 3.63) is 93.7 Å². The first kappa shape index (κ1) is 19.2. The van der Waals surface area contributed by atoms with Crippen molar-refractivity contribution in [3.8, 4) is 5.88 Å². The fraction of sp³-hybridized carbons (Fsp3) is 0.167. The van der Waals surface area contributed by atoms with Crippen molar-refractivity contribution in [3.63, 3.8) is 0 Å². The molecule has 4 nitrogen and oxygen atoms in total. The largest absolute Gasteiger partial charge is 0.473 e. The summed E-state index contributed by atoms with van der Waals surface area (Å²) in [6, 6.07) is 21.7. The molecule has 0 atom stereocenters. The molecular formula is C24H22N2O2S. The number of aromatic nitrogens is 1. The van der Waals surface area contributed by atoms with Crippen LogP contribution in [0.5, 0.6) is 5.88 Å². The second kappa shape index (κ2) is 8.88. The highest BCUT2D eigenvalue weighted by Gasteiger charge is 2.13. The van der Waals surface area contributed by atoms with Crippen molar-refractivity contribution in [2.45, 2.75) is 20.0 Å². The fourth-order valence-corrected chi connectivity index (χ4v) is 3.81. The van der Waals surface area contributed by atoms with Crippen molar-refractivity contribution in [1.29, 1.82) is 0 Å². The molecule has 0 saturated carbocycles. The van der Waals surface area contributed by atoms with Crippen LogP contribution in [0.3, 0.4) is 0 Å². The third-order valence-electron chi connectivity index (χ3n) is 4.68. The summed E-state index contributed by atoms with van der Waals surface area (Å²) in [5, 5.41) is 5.89. The first-order valence-electron chi connectivity index (χ1n) is 9.58. The van der Waals surface area contributed by atoms with Crippen LogP contribution < -0.4 is 10.1 Å². The van der Waals surface area contributed by atoms with Crippen LogP contribution >= 0.6 is 11.3 Å². The lowest BCUT2D eigenvalue weighted by atomic mass is 10.1. The number of ether oxygens (including phenoxy) is 1. The van der Waals surface area contributed by atoms with Gasteiger partial charge in [0, 0.05) is 22.9 Å². The second-order valence-corrected chi connectivity index (χ2v) is 7.92. The standard InChI is InChI=1S/C24H22N2O2S/c1-17-8-10-18(11-9-17)16-28-23-15-21(20-6-2-3-7-22(20)26-23)24(27)25-13-12-19-5-4-14-29-19/h2-11,14-15H,12-13,16H2,1H3,(H,25,27). The first-order valence-corrected chi connectivity index (χ1v) is 10.5. The smallest absolute Gasteiger partial charge is 0.252 e. The zero-order valence-electron chi connectivity index (χ0n) is 16.2. The summed E-state index contributed by atoms with van der Waals surface area (Å²) < 4.78 is 5.90. The summed E-state index contributed by atoms with van der Waals surface area (Å²) in [5.74, 6) is 0.341. The van der Waals surface area contributed by atoms with E-state index < -0.39 is 0 Å². The molecule has 4 aromatic rings. The first-order chi connectivity index (χ1) is 14.2. The summed E-state index contributed by atoms with van der Waals surface area (Å²) in [6.07, 6.45) is 0.823. The average molecular weight is 403 g/mol. The SMILES string of the molecule is Cc1ccc(COc2cc(C(=O)NCCc3cccs3)c3ccccc3n2)cc1. The summed E-state index contributed by atoms with van der Waals surface area (Å²) in [7, 11) is 0. The highest BCUT2D eigenvalue weighted by atomic mass is 32.1. The number of amides is 1. The summed E-state index contributed by atoms with van der Waals surface area (Å²) in [4.78, 5) is 18.7. The second-order valence-electron chi connectivity index (χ2n) is 6.88. The lowest BCUT2D eigenvalue weighted by Crippen LogP contribution is -2.25. The monoisotopic (exact) mass is 402 g/mol. The molecule has 0 aliphatic heterocycles. The Bertz CT molecular complexity index is 1110. The predicted octanol–water partition coefficient (Wildman–Crippen LogP) is 5.16. The highest BCUT2D eigenvalue weighted by molar-refractivity contribution is 7.09. The minimum Gasteiger partial charge on any atom is -0.473 e. The number of nitrogens with one attached hydrogen (secondary N) is 1. The van der Waals surface area contributed by atoms with Gasteiger partial charge in [-0.2, -0.15) is 0 Å².